The summed E-state index contributed by atoms with van der Waals surface area (Å²) in [7, 11) is 0. The normalized spacial score (nSPS) is 13.8. The number of halogens is 3. The third-order valence-electron chi connectivity index (χ3n) is 2.83. The first kappa shape index (κ1) is 15.6. The molecule has 20 heavy (non-hydrogen) atoms. The Kier molecular flexibility index (Phi) is 4.97. The molecule has 1 N–H and O–H groups in total. The molecule has 106 valence electrons. The van der Waals surface area contributed by atoms with E-state index in [4.69, 9.17) is 27.9 Å². The van der Waals surface area contributed by atoms with Crippen molar-refractivity contribution in [3.63, 3.8) is 0 Å². The van der Waals surface area contributed by atoms with E-state index in [1.165, 1.54) is 0 Å². The predicted molar refractivity (Wildman–Crippen MR) is 86.3 cm³/mol. The van der Waals surface area contributed by atoms with Crippen LogP contribution in [0.1, 0.15) is 12.5 Å². The lowest BCUT2D eigenvalue weighted by Crippen LogP contribution is -2.23. The average molecular weight is 376 g/mol. The standard InChI is InChI=1S/C15H13BrCl2O2/c1-15(19,9-16)13-7-6-12(8-14(13)18)20-11-4-2-10(17)3-5-11/h2-8,19H,9H2,1H3. The molecule has 0 saturated heterocycles. The second-order valence-corrected chi connectivity index (χ2v) is 6.01. The largest absolute Gasteiger partial charge is 0.457 e. The number of hydrogen-bond donors (Lipinski definition) is 1. The maximum Gasteiger partial charge on any atom is 0.128 e. The summed E-state index contributed by atoms with van der Waals surface area (Å²) >= 11 is 15.3. The Bertz CT molecular complexity index is 597. The van der Waals surface area contributed by atoms with Crippen molar-refractivity contribution in [3.8, 4) is 11.5 Å². The zero-order valence-electron chi connectivity index (χ0n) is 10.7. The molecular formula is C15H13BrCl2O2. The molecule has 0 bridgehead atoms. The van der Waals surface area contributed by atoms with Crippen molar-refractivity contribution in [2.24, 2.45) is 0 Å². The monoisotopic (exact) mass is 374 g/mol. The molecule has 2 rings (SSSR count). The fourth-order valence-electron chi connectivity index (χ4n) is 1.71. The van der Waals surface area contributed by atoms with Crippen molar-refractivity contribution in [1.82, 2.24) is 0 Å². The van der Waals surface area contributed by atoms with Gasteiger partial charge in [0.25, 0.3) is 0 Å². The van der Waals surface area contributed by atoms with Crippen LogP contribution in [0.3, 0.4) is 0 Å². The van der Waals surface area contributed by atoms with Gasteiger partial charge in [0.05, 0.1) is 10.6 Å². The molecule has 1 atom stereocenters. The SMILES string of the molecule is CC(O)(CBr)c1ccc(Oc2ccc(Cl)cc2)cc1Cl. The van der Waals surface area contributed by atoms with Gasteiger partial charge in [0, 0.05) is 15.9 Å². The maximum absolute atomic E-state index is 10.2. The van der Waals surface area contributed by atoms with Crippen LogP contribution in [-0.2, 0) is 5.60 Å². The summed E-state index contributed by atoms with van der Waals surface area (Å²) < 4.78 is 5.68. The molecule has 0 fully saturated rings. The van der Waals surface area contributed by atoms with E-state index in [9.17, 15) is 5.11 Å². The molecule has 1 unspecified atom stereocenters. The van der Waals surface area contributed by atoms with Crippen molar-refractivity contribution in [3.05, 3.63) is 58.1 Å². The number of rotatable bonds is 4. The van der Waals surface area contributed by atoms with Crippen LogP contribution in [0.15, 0.2) is 42.5 Å². The van der Waals surface area contributed by atoms with Gasteiger partial charge in [-0.1, -0.05) is 45.2 Å². The van der Waals surface area contributed by atoms with Gasteiger partial charge < -0.3 is 9.84 Å². The van der Waals surface area contributed by atoms with E-state index in [1.807, 2.05) is 0 Å². The first-order valence-corrected chi connectivity index (χ1v) is 7.82. The third-order valence-corrected chi connectivity index (χ3v) is 4.49. The number of alkyl halides is 1. The summed E-state index contributed by atoms with van der Waals surface area (Å²) in [6, 6.07) is 12.3. The van der Waals surface area contributed by atoms with Crippen LogP contribution in [0, 0.1) is 0 Å². The predicted octanol–water partition coefficient (Wildman–Crippen LogP) is 5.39. The molecule has 0 amide bonds. The molecule has 2 nitrogen and oxygen atoms in total. The lowest BCUT2D eigenvalue weighted by Gasteiger charge is -2.22. The summed E-state index contributed by atoms with van der Waals surface area (Å²) in [5, 5.41) is 11.7. The molecule has 0 aliphatic carbocycles. The van der Waals surface area contributed by atoms with Crippen LogP contribution in [0.2, 0.25) is 10.0 Å². The molecule has 0 aliphatic rings. The van der Waals surface area contributed by atoms with Gasteiger partial charge in [0.1, 0.15) is 11.5 Å². The summed E-state index contributed by atoms with van der Waals surface area (Å²) in [5.41, 5.74) is -0.366. The highest BCUT2D eigenvalue weighted by atomic mass is 79.9. The number of hydrogen-bond acceptors (Lipinski definition) is 2. The fourth-order valence-corrected chi connectivity index (χ4v) is 2.51. The Morgan fingerprint density at radius 3 is 2.25 bits per heavy atom. The summed E-state index contributed by atoms with van der Waals surface area (Å²) in [6.45, 7) is 1.70. The Morgan fingerprint density at radius 1 is 1.10 bits per heavy atom. The highest BCUT2D eigenvalue weighted by Gasteiger charge is 2.24. The van der Waals surface area contributed by atoms with E-state index < -0.39 is 5.60 Å². The molecule has 2 aromatic rings. The van der Waals surface area contributed by atoms with Crippen LogP contribution >= 0.6 is 39.1 Å². The summed E-state index contributed by atoms with van der Waals surface area (Å²) in [6.07, 6.45) is 0. The van der Waals surface area contributed by atoms with Crippen molar-refractivity contribution in [1.29, 1.82) is 0 Å². The van der Waals surface area contributed by atoms with E-state index >= 15 is 0 Å². The van der Waals surface area contributed by atoms with Gasteiger partial charge in [-0.15, -0.1) is 0 Å². The highest BCUT2D eigenvalue weighted by Crippen LogP contribution is 2.33. The van der Waals surface area contributed by atoms with Gasteiger partial charge in [-0.05, 0) is 43.3 Å². The Hall–Kier alpha value is -0.740. The number of benzene rings is 2. The first-order valence-electron chi connectivity index (χ1n) is 5.94. The summed E-state index contributed by atoms with van der Waals surface area (Å²) in [5.74, 6) is 1.27. The van der Waals surface area contributed by atoms with Gasteiger partial charge in [-0.2, -0.15) is 0 Å². The van der Waals surface area contributed by atoms with E-state index in [0.29, 0.717) is 32.4 Å². The van der Waals surface area contributed by atoms with Gasteiger partial charge >= 0.3 is 0 Å². The second kappa shape index (κ2) is 6.35. The Morgan fingerprint density at radius 2 is 1.70 bits per heavy atom. The van der Waals surface area contributed by atoms with Crippen LogP contribution in [0.25, 0.3) is 0 Å². The fraction of sp³-hybridized carbons (Fsp3) is 0.200. The lowest BCUT2D eigenvalue weighted by atomic mass is 9.98. The van der Waals surface area contributed by atoms with Crippen LogP contribution in [-0.4, -0.2) is 10.4 Å². The van der Waals surface area contributed by atoms with Gasteiger partial charge in [0.15, 0.2) is 0 Å². The van der Waals surface area contributed by atoms with E-state index in [-0.39, 0.29) is 0 Å². The van der Waals surface area contributed by atoms with E-state index in [2.05, 4.69) is 15.9 Å². The minimum Gasteiger partial charge on any atom is -0.457 e. The van der Waals surface area contributed by atoms with E-state index in [1.54, 1.807) is 49.4 Å². The molecule has 0 radical (unpaired) electrons. The first-order chi connectivity index (χ1) is 9.42. The van der Waals surface area contributed by atoms with Crippen molar-refractivity contribution in [2.75, 3.05) is 5.33 Å². The van der Waals surface area contributed by atoms with Crippen molar-refractivity contribution >= 4 is 39.1 Å². The van der Waals surface area contributed by atoms with Crippen molar-refractivity contribution < 1.29 is 9.84 Å². The smallest absolute Gasteiger partial charge is 0.128 e. The topological polar surface area (TPSA) is 29.5 Å². The minimum absolute atomic E-state index is 0.400. The maximum atomic E-state index is 10.2. The third kappa shape index (κ3) is 3.67. The van der Waals surface area contributed by atoms with Crippen LogP contribution in [0.4, 0.5) is 0 Å². The summed E-state index contributed by atoms with van der Waals surface area (Å²) in [4.78, 5) is 0. The molecule has 2 aromatic carbocycles. The van der Waals surface area contributed by atoms with Gasteiger partial charge in [-0.25, -0.2) is 0 Å². The van der Waals surface area contributed by atoms with Gasteiger partial charge in [0.2, 0.25) is 0 Å². The Labute approximate surface area is 136 Å². The molecule has 5 heteroatoms. The van der Waals surface area contributed by atoms with Crippen LogP contribution in [0.5, 0.6) is 11.5 Å². The lowest BCUT2D eigenvalue weighted by molar-refractivity contribution is 0.0854. The quantitative estimate of drug-likeness (QED) is 0.726. The zero-order valence-corrected chi connectivity index (χ0v) is 13.8. The van der Waals surface area contributed by atoms with Crippen molar-refractivity contribution in [2.45, 2.75) is 12.5 Å². The highest BCUT2D eigenvalue weighted by molar-refractivity contribution is 9.09. The number of aliphatic hydroxyl groups is 1. The molecule has 0 aromatic heterocycles. The molecule has 0 saturated carbocycles. The Balaban J connectivity index is 2.23. The zero-order chi connectivity index (χ0) is 14.8. The van der Waals surface area contributed by atoms with Crippen LogP contribution < -0.4 is 4.74 Å². The minimum atomic E-state index is -1.02. The molecule has 0 aliphatic heterocycles. The van der Waals surface area contributed by atoms with Gasteiger partial charge in [-0.3, -0.25) is 0 Å². The average Bonchev–Trinajstić information content (AvgIpc) is 2.41. The molecule has 0 heterocycles. The number of ether oxygens (including phenoxy) is 1. The molecule has 0 spiro atoms. The van der Waals surface area contributed by atoms with E-state index in [0.717, 1.165) is 0 Å². The molecular weight excluding hydrogens is 363 g/mol. The second-order valence-electron chi connectivity index (χ2n) is 4.61.